The van der Waals surface area contributed by atoms with Gasteiger partial charge in [0.15, 0.2) is 0 Å². The molecule has 3 aromatic rings. The number of pyridine rings is 1. The van der Waals surface area contributed by atoms with Crippen molar-refractivity contribution in [1.29, 1.82) is 0 Å². The fraction of sp³-hybridized carbons (Fsp3) is 0.167. The fourth-order valence-corrected chi connectivity index (χ4v) is 2.63. The normalized spacial score (nSPS) is 10.6. The van der Waals surface area contributed by atoms with Crippen LogP contribution in [0.3, 0.4) is 0 Å². The lowest BCUT2D eigenvalue weighted by molar-refractivity contribution is -0.115. The minimum absolute atomic E-state index is 0.108. The van der Waals surface area contributed by atoms with Gasteiger partial charge in [-0.15, -0.1) is 0 Å². The van der Waals surface area contributed by atoms with Crippen LogP contribution in [-0.4, -0.2) is 20.7 Å². The van der Waals surface area contributed by atoms with Gasteiger partial charge >= 0.3 is 0 Å². The molecule has 0 aliphatic heterocycles. The molecule has 6 heteroatoms. The summed E-state index contributed by atoms with van der Waals surface area (Å²) in [5, 5.41) is 8.03. The van der Waals surface area contributed by atoms with E-state index < -0.39 is 0 Å². The first-order valence-corrected chi connectivity index (χ1v) is 7.96. The van der Waals surface area contributed by atoms with Gasteiger partial charge in [0, 0.05) is 23.5 Å². The Morgan fingerprint density at radius 1 is 1.25 bits per heavy atom. The third kappa shape index (κ3) is 4.00. The van der Waals surface area contributed by atoms with Gasteiger partial charge in [-0.2, -0.15) is 5.10 Å². The van der Waals surface area contributed by atoms with E-state index in [0.717, 1.165) is 16.8 Å². The van der Waals surface area contributed by atoms with Crippen LogP contribution in [0.4, 0.5) is 5.82 Å². The Balaban J connectivity index is 1.74. The number of aryl methyl sites for hydroxylation is 1. The van der Waals surface area contributed by atoms with Crippen LogP contribution in [0.15, 0.2) is 54.9 Å². The van der Waals surface area contributed by atoms with Crippen LogP contribution in [-0.2, 0) is 17.8 Å². The number of carbonyl (C=O) groups excluding carboxylic acids is 1. The van der Waals surface area contributed by atoms with Gasteiger partial charge in [-0.3, -0.25) is 9.78 Å². The summed E-state index contributed by atoms with van der Waals surface area (Å²) >= 11 is 6.21. The number of hydrogen-bond donors (Lipinski definition) is 1. The third-order valence-corrected chi connectivity index (χ3v) is 3.90. The first-order chi connectivity index (χ1) is 11.6. The van der Waals surface area contributed by atoms with Crippen LogP contribution in [0.25, 0.3) is 0 Å². The lowest BCUT2D eigenvalue weighted by Crippen LogP contribution is -2.18. The van der Waals surface area contributed by atoms with Gasteiger partial charge in [0.1, 0.15) is 5.82 Å². The van der Waals surface area contributed by atoms with Crippen molar-refractivity contribution in [2.75, 3.05) is 5.32 Å². The first-order valence-electron chi connectivity index (χ1n) is 7.58. The van der Waals surface area contributed by atoms with Crippen LogP contribution < -0.4 is 5.32 Å². The quantitative estimate of drug-likeness (QED) is 0.773. The lowest BCUT2D eigenvalue weighted by Gasteiger charge is -2.10. The molecule has 0 bridgehead atoms. The molecule has 0 fully saturated rings. The molecule has 3 rings (SSSR count). The van der Waals surface area contributed by atoms with Crippen molar-refractivity contribution < 1.29 is 4.79 Å². The van der Waals surface area contributed by atoms with E-state index in [-0.39, 0.29) is 12.3 Å². The highest BCUT2D eigenvalue weighted by Crippen LogP contribution is 2.19. The number of rotatable bonds is 5. The van der Waals surface area contributed by atoms with Crippen molar-refractivity contribution in [1.82, 2.24) is 14.8 Å². The Labute approximate surface area is 145 Å². The van der Waals surface area contributed by atoms with Crippen LogP contribution in [0, 0.1) is 6.92 Å². The highest BCUT2D eigenvalue weighted by atomic mass is 35.5. The van der Waals surface area contributed by atoms with E-state index >= 15 is 0 Å². The highest BCUT2D eigenvalue weighted by molar-refractivity contribution is 6.31. The Morgan fingerprint density at radius 2 is 2.08 bits per heavy atom. The molecule has 0 saturated carbocycles. The second kappa shape index (κ2) is 7.27. The molecule has 0 aliphatic carbocycles. The molecule has 0 unspecified atom stereocenters. The zero-order valence-electron chi connectivity index (χ0n) is 13.2. The number of nitrogens with one attached hydrogen (secondary N) is 1. The molecule has 0 atom stereocenters. The van der Waals surface area contributed by atoms with Crippen molar-refractivity contribution in [3.8, 4) is 0 Å². The number of nitrogens with zero attached hydrogens (tertiary/aromatic N) is 3. The highest BCUT2D eigenvalue weighted by Gasteiger charge is 2.11. The van der Waals surface area contributed by atoms with Gasteiger partial charge in [-0.05, 0) is 30.2 Å². The summed E-state index contributed by atoms with van der Waals surface area (Å²) in [6.45, 7) is 2.38. The smallest absolute Gasteiger partial charge is 0.229 e. The molecule has 1 N–H and O–H groups in total. The number of anilines is 1. The number of halogens is 1. The summed E-state index contributed by atoms with van der Waals surface area (Å²) in [6.07, 6.45) is 3.64. The van der Waals surface area contributed by atoms with E-state index in [1.807, 2.05) is 49.4 Å². The van der Waals surface area contributed by atoms with Crippen molar-refractivity contribution in [3.63, 3.8) is 0 Å². The minimum Gasteiger partial charge on any atom is -0.311 e. The Hall–Kier alpha value is -2.66. The molecule has 0 spiro atoms. The lowest BCUT2D eigenvalue weighted by atomic mass is 10.2. The van der Waals surface area contributed by atoms with E-state index in [2.05, 4.69) is 15.4 Å². The Kier molecular flexibility index (Phi) is 4.91. The summed E-state index contributed by atoms with van der Waals surface area (Å²) in [7, 11) is 0. The van der Waals surface area contributed by atoms with Gasteiger partial charge in [-0.1, -0.05) is 35.9 Å². The second-order valence-corrected chi connectivity index (χ2v) is 5.91. The second-order valence-electron chi connectivity index (χ2n) is 5.51. The van der Waals surface area contributed by atoms with E-state index in [1.54, 1.807) is 17.1 Å². The van der Waals surface area contributed by atoms with Crippen LogP contribution in [0.5, 0.6) is 0 Å². The number of amides is 1. The third-order valence-electron chi connectivity index (χ3n) is 3.54. The minimum atomic E-state index is -0.108. The van der Waals surface area contributed by atoms with Gasteiger partial charge in [0.2, 0.25) is 5.91 Å². The van der Waals surface area contributed by atoms with Gasteiger partial charge in [0.25, 0.3) is 0 Å². The number of aromatic nitrogens is 3. The van der Waals surface area contributed by atoms with Gasteiger partial charge in [-0.25, -0.2) is 4.68 Å². The SMILES string of the molecule is Cc1cc(NC(=O)Cc2cccnc2)n(Cc2ccccc2Cl)n1. The molecule has 1 amide bonds. The van der Waals surface area contributed by atoms with E-state index in [9.17, 15) is 4.79 Å². The predicted molar refractivity (Wildman–Crippen MR) is 94.1 cm³/mol. The molecule has 1 aromatic carbocycles. The largest absolute Gasteiger partial charge is 0.311 e. The molecular formula is C18H17ClN4O. The average Bonchev–Trinajstić information content (AvgIpc) is 2.89. The van der Waals surface area contributed by atoms with Crippen molar-refractivity contribution >= 4 is 23.3 Å². The summed E-state index contributed by atoms with van der Waals surface area (Å²) in [5.74, 6) is 0.546. The zero-order valence-corrected chi connectivity index (χ0v) is 14.0. The molecule has 2 heterocycles. The molecule has 24 heavy (non-hydrogen) atoms. The topological polar surface area (TPSA) is 59.8 Å². The standard InChI is InChI=1S/C18H17ClN4O/c1-13-9-17(21-18(24)10-14-5-4-8-20-11-14)23(22-13)12-15-6-2-3-7-16(15)19/h2-9,11H,10,12H2,1H3,(H,21,24). The zero-order chi connectivity index (χ0) is 16.9. The molecule has 0 saturated heterocycles. The van der Waals surface area contributed by atoms with Crippen molar-refractivity contribution in [2.24, 2.45) is 0 Å². The van der Waals surface area contributed by atoms with E-state index in [0.29, 0.717) is 17.4 Å². The maximum atomic E-state index is 12.3. The average molecular weight is 341 g/mol. The number of hydrogen-bond acceptors (Lipinski definition) is 3. The summed E-state index contributed by atoms with van der Waals surface area (Å²) in [4.78, 5) is 16.3. The van der Waals surface area contributed by atoms with Crippen LogP contribution in [0.1, 0.15) is 16.8 Å². The molecule has 122 valence electrons. The summed E-state index contributed by atoms with van der Waals surface area (Å²) in [5.41, 5.74) is 2.65. The fourth-order valence-electron chi connectivity index (χ4n) is 2.43. The molecule has 2 aromatic heterocycles. The summed E-state index contributed by atoms with van der Waals surface area (Å²) in [6, 6.07) is 13.1. The van der Waals surface area contributed by atoms with E-state index in [4.69, 9.17) is 11.6 Å². The maximum Gasteiger partial charge on any atom is 0.229 e. The molecule has 0 radical (unpaired) electrons. The van der Waals surface area contributed by atoms with Crippen molar-refractivity contribution in [3.05, 3.63) is 76.7 Å². The van der Waals surface area contributed by atoms with Gasteiger partial charge < -0.3 is 5.32 Å². The summed E-state index contributed by atoms with van der Waals surface area (Å²) < 4.78 is 1.75. The predicted octanol–water partition coefficient (Wildman–Crippen LogP) is 3.47. The monoisotopic (exact) mass is 340 g/mol. The van der Waals surface area contributed by atoms with E-state index in [1.165, 1.54) is 0 Å². The Morgan fingerprint density at radius 3 is 2.83 bits per heavy atom. The van der Waals surface area contributed by atoms with Crippen LogP contribution in [0.2, 0.25) is 5.02 Å². The maximum absolute atomic E-state index is 12.3. The van der Waals surface area contributed by atoms with Gasteiger partial charge in [0.05, 0.1) is 18.7 Å². The molecular weight excluding hydrogens is 324 g/mol. The number of carbonyl (C=O) groups is 1. The molecule has 0 aliphatic rings. The van der Waals surface area contributed by atoms with Crippen molar-refractivity contribution in [2.45, 2.75) is 19.9 Å². The molecule has 5 nitrogen and oxygen atoms in total. The Bertz CT molecular complexity index is 845. The van der Waals surface area contributed by atoms with Crippen LogP contribution >= 0.6 is 11.6 Å². The number of benzene rings is 1. The first kappa shape index (κ1) is 16.2.